The summed E-state index contributed by atoms with van der Waals surface area (Å²) < 4.78 is 15.0. The van der Waals surface area contributed by atoms with Crippen molar-refractivity contribution in [2.45, 2.75) is 18.8 Å². The number of hydrogen-bond acceptors (Lipinski definition) is 6. The van der Waals surface area contributed by atoms with E-state index in [1.807, 2.05) is 12.1 Å². The highest BCUT2D eigenvalue weighted by Crippen LogP contribution is 2.26. The molecule has 0 amide bonds. The Bertz CT molecular complexity index is 524. The maximum Gasteiger partial charge on any atom is 0.193 e. The van der Waals surface area contributed by atoms with E-state index < -0.39 is 0 Å². The van der Waals surface area contributed by atoms with Gasteiger partial charge in [-0.3, -0.25) is 0 Å². The second kappa shape index (κ2) is 4.87. The quantitative estimate of drug-likeness (QED) is 0.686. The van der Waals surface area contributed by atoms with Crippen LogP contribution in [0.25, 0.3) is 0 Å². The molecule has 18 heavy (non-hydrogen) atoms. The molecule has 3 aromatic heterocycles. The van der Waals surface area contributed by atoms with Gasteiger partial charge in [-0.05, 0) is 6.42 Å². The molecule has 0 aliphatic heterocycles. The number of aryl methyl sites for hydroxylation is 1. The third-order valence-electron chi connectivity index (χ3n) is 2.76. The van der Waals surface area contributed by atoms with Gasteiger partial charge >= 0.3 is 0 Å². The summed E-state index contributed by atoms with van der Waals surface area (Å²) >= 11 is 0. The topological polar surface area (TPSA) is 78.1 Å². The lowest BCUT2D eigenvalue weighted by Crippen LogP contribution is -2.04. The molecule has 0 saturated heterocycles. The van der Waals surface area contributed by atoms with Crippen molar-refractivity contribution in [1.29, 1.82) is 0 Å². The van der Waals surface area contributed by atoms with Crippen molar-refractivity contribution in [1.82, 2.24) is 15.3 Å². The Morgan fingerprint density at radius 3 is 2.22 bits per heavy atom. The molecule has 3 heterocycles. The lowest BCUT2D eigenvalue weighted by molar-refractivity contribution is 0.390. The van der Waals surface area contributed by atoms with Gasteiger partial charge in [-0.25, -0.2) is 4.98 Å². The highest BCUT2D eigenvalue weighted by Gasteiger charge is 2.20. The van der Waals surface area contributed by atoms with E-state index in [-0.39, 0.29) is 5.92 Å². The van der Waals surface area contributed by atoms with Crippen molar-refractivity contribution >= 4 is 0 Å². The molecule has 0 saturated carbocycles. The zero-order valence-electron chi connectivity index (χ0n) is 9.52. The Morgan fingerprint density at radius 1 is 1.00 bits per heavy atom. The van der Waals surface area contributed by atoms with E-state index >= 15 is 0 Å². The molecule has 6 heteroatoms. The van der Waals surface area contributed by atoms with Crippen LogP contribution in [0.15, 0.2) is 50.6 Å². The van der Waals surface area contributed by atoms with Crippen LogP contribution in [0.3, 0.4) is 0 Å². The number of aromatic nitrogens is 3. The average molecular weight is 245 g/mol. The van der Waals surface area contributed by atoms with Crippen LogP contribution in [-0.4, -0.2) is 15.3 Å². The Labute approximate surface area is 103 Å². The van der Waals surface area contributed by atoms with Gasteiger partial charge in [0.2, 0.25) is 0 Å². The van der Waals surface area contributed by atoms with Crippen molar-refractivity contribution < 1.29 is 13.5 Å². The third kappa shape index (κ3) is 2.17. The van der Waals surface area contributed by atoms with E-state index in [0.717, 1.165) is 17.8 Å². The molecule has 3 rings (SSSR count). The van der Waals surface area contributed by atoms with Crippen LogP contribution in [0.1, 0.15) is 29.6 Å². The Morgan fingerprint density at radius 2 is 1.72 bits per heavy atom. The summed E-state index contributed by atoms with van der Waals surface area (Å²) in [5.41, 5.74) is 1.66. The van der Waals surface area contributed by atoms with Gasteiger partial charge in [-0.1, -0.05) is 10.3 Å². The van der Waals surface area contributed by atoms with Crippen LogP contribution in [0.5, 0.6) is 0 Å². The molecule has 6 nitrogen and oxygen atoms in total. The van der Waals surface area contributed by atoms with E-state index in [0.29, 0.717) is 12.3 Å². The van der Waals surface area contributed by atoms with Crippen molar-refractivity contribution in [3.05, 3.63) is 54.4 Å². The third-order valence-corrected chi connectivity index (χ3v) is 2.76. The fraction of sp³-hybridized carbons (Fsp3) is 0.250. The monoisotopic (exact) mass is 245 g/mol. The van der Waals surface area contributed by atoms with Gasteiger partial charge in [0.15, 0.2) is 5.89 Å². The van der Waals surface area contributed by atoms with Gasteiger partial charge < -0.3 is 13.5 Å². The molecule has 0 aliphatic carbocycles. The zero-order chi connectivity index (χ0) is 12.2. The van der Waals surface area contributed by atoms with Crippen LogP contribution < -0.4 is 0 Å². The molecule has 0 unspecified atom stereocenters. The van der Waals surface area contributed by atoms with E-state index in [2.05, 4.69) is 15.3 Å². The summed E-state index contributed by atoms with van der Waals surface area (Å²) in [6.07, 6.45) is 7.78. The molecular weight excluding hydrogens is 234 g/mol. The summed E-state index contributed by atoms with van der Waals surface area (Å²) in [6, 6.07) is 3.66. The van der Waals surface area contributed by atoms with E-state index in [1.54, 1.807) is 25.0 Å². The van der Waals surface area contributed by atoms with Crippen molar-refractivity contribution in [2.24, 2.45) is 0 Å². The molecule has 0 aliphatic rings. The summed E-state index contributed by atoms with van der Waals surface area (Å²) in [7, 11) is 0. The molecule has 0 fully saturated rings. The molecular formula is C12H11N3O3. The largest absolute Gasteiger partial charge is 0.449 e. The maximum atomic E-state index is 5.22. The van der Waals surface area contributed by atoms with Gasteiger partial charge in [0.1, 0.15) is 18.8 Å². The normalized spacial score (nSPS) is 11.2. The number of rotatable bonds is 5. The van der Waals surface area contributed by atoms with Gasteiger partial charge in [0, 0.05) is 18.6 Å². The Hall–Kier alpha value is -2.37. The fourth-order valence-electron chi connectivity index (χ4n) is 1.89. The maximum absolute atomic E-state index is 5.22. The van der Waals surface area contributed by atoms with Gasteiger partial charge in [0.25, 0.3) is 0 Å². The van der Waals surface area contributed by atoms with Crippen LogP contribution in [0.4, 0.5) is 0 Å². The van der Waals surface area contributed by atoms with Crippen molar-refractivity contribution in [3.63, 3.8) is 0 Å². The second-order valence-corrected chi connectivity index (χ2v) is 3.87. The lowest BCUT2D eigenvalue weighted by atomic mass is 9.96. The minimum Gasteiger partial charge on any atom is -0.449 e. The van der Waals surface area contributed by atoms with Crippen LogP contribution in [0, 0.1) is 0 Å². The van der Waals surface area contributed by atoms with E-state index in [1.165, 1.54) is 0 Å². The first-order valence-electron chi connectivity index (χ1n) is 5.62. The van der Waals surface area contributed by atoms with Gasteiger partial charge in [-0.2, -0.15) is 0 Å². The van der Waals surface area contributed by atoms with Crippen LogP contribution in [-0.2, 0) is 6.42 Å². The Balaban J connectivity index is 1.78. The predicted molar refractivity (Wildman–Crippen MR) is 59.7 cm³/mol. The van der Waals surface area contributed by atoms with E-state index in [9.17, 15) is 0 Å². The van der Waals surface area contributed by atoms with Crippen molar-refractivity contribution in [2.75, 3.05) is 0 Å². The first-order valence-corrected chi connectivity index (χ1v) is 5.62. The molecule has 0 bridgehead atoms. The van der Waals surface area contributed by atoms with Gasteiger partial charge in [-0.15, -0.1) is 0 Å². The lowest BCUT2D eigenvalue weighted by Gasteiger charge is -2.09. The first-order chi connectivity index (χ1) is 8.93. The molecule has 0 atom stereocenters. The predicted octanol–water partition coefficient (Wildman–Crippen LogP) is 2.42. The Kier molecular flexibility index (Phi) is 2.91. The zero-order valence-corrected chi connectivity index (χ0v) is 9.52. The average Bonchev–Trinajstić information content (AvgIpc) is 3.14. The molecule has 0 aromatic carbocycles. The smallest absolute Gasteiger partial charge is 0.193 e. The highest BCUT2D eigenvalue weighted by molar-refractivity contribution is 5.19. The number of oxazole rings is 1. The van der Waals surface area contributed by atoms with Crippen LogP contribution >= 0.6 is 0 Å². The standard InChI is InChI=1S/C12H11N3O3/c1(2-12-13-5-8-16-12)9(10-3-6-17-14-10)11-4-7-18-15-11/h3-9H,1-2H2. The highest BCUT2D eigenvalue weighted by atomic mass is 16.5. The fourth-order valence-corrected chi connectivity index (χ4v) is 1.89. The molecule has 0 spiro atoms. The van der Waals surface area contributed by atoms with E-state index in [4.69, 9.17) is 13.5 Å². The molecule has 92 valence electrons. The SMILES string of the molecule is c1coc(CCC(c2ccon2)c2ccon2)n1. The summed E-state index contributed by atoms with van der Waals surface area (Å²) in [4.78, 5) is 4.10. The number of hydrogen-bond donors (Lipinski definition) is 0. The van der Waals surface area contributed by atoms with Gasteiger partial charge in [0.05, 0.1) is 23.5 Å². The number of nitrogens with zero attached hydrogens (tertiary/aromatic N) is 3. The molecule has 3 aromatic rings. The molecule has 0 N–H and O–H groups in total. The minimum atomic E-state index is 0.0226. The minimum absolute atomic E-state index is 0.0226. The first kappa shape index (κ1) is 10.8. The van der Waals surface area contributed by atoms with Crippen LogP contribution in [0.2, 0.25) is 0 Å². The molecule has 0 radical (unpaired) electrons. The van der Waals surface area contributed by atoms with Crippen molar-refractivity contribution in [3.8, 4) is 0 Å². The second-order valence-electron chi connectivity index (χ2n) is 3.87. The summed E-state index contributed by atoms with van der Waals surface area (Å²) in [5, 5.41) is 7.93. The summed E-state index contributed by atoms with van der Waals surface area (Å²) in [6.45, 7) is 0. The summed E-state index contributed by atoms with van der Waals surface area (Å²) in [5.74, 6) is 0.724.